The molecule has 0 aliphatic carbocycles. The monoisotopic (exact) mass is 242 g/mol. The molecule has 0 aromatic rings. The maximum Gasteiger partial charge on any atom is 0.239 e. The van der Waals surface area contributed by atoms with E-state index in [9.17, 15) is 9.59 Å². The second kappa shape index (κ2) is 9.44. The molecule has 0 radical (unpaired) electrons. The molecule has 0 atom stereocenters. The number of carbonyl (C=O) groups is 2. The van der Waals surface area contributed by atoms with Crippen LogP contribution in [0.25, 0.3) is 10.4 Å². The normalized spacial score (nSPS) is 9.29. The van der Waals surface area contributed by atoms with E-state index in [2.05, 4.69) is 20.7 Å². The third kappa shape index (κ3) is 8.06. The molecule has 0 saturated heterocycles. The van der Waals surface area contributed by atoms with Crippen molar-refractivity contribution in [1.82, 2.24) is 15.5 Å². The average Bonchev–Trinajstić information content (AvgIpc) is 2.29. The lowest BCUT2D eigenvalue weighted by molar-refractivity contribution is -0.133. The summed E-state index contributed by atoms with van der Waals surface area (Å²) in [5, 5.41) is 8.69. The molecule has 2 amide bonds. The summed E-state index contributed by atoms with van der Waals surface area (Å²) in [6.07, 6.45) is 0.587. The fourth-order valence-corrected chi connectivity index (χ4v) is 1.07. The molecule has 0 aliphatic rings. The van der Waals surface area contributed by atoms with Crippen LogP contribution in [0.5, 0.6) is 0 Å². The van der Waals surface area contributed by atoms with Crippen molar-refractivity contribution in [1.29, 1.82) is 0 Å². The number of likely N-dealkylation sites (N-methyl/N-ethyl adjacent to an activating group) is 2. The van der Waals surface area contributed by atoms with E-state index in [1.54, 1.807) is 14.1 Å². The molecule has 0 saturated carbocycles. The minimum atomic E-state index is -0.224. The molecule has 0 rings (SSSR count). The van der Waals surface area contributed by atoms with Gasteiger partial charge in [-0.25, -0.2) is 0 Å². The molecule has 8 heteroatoms. The number of hydrogen-bond acceptors (Lipinski definition) is 4. The lowest BCUT2D eigenvalue weighted by Gasteiger charge is -2.16. The van der Waals surface area contributed by atoms with Crippen molar-refractivity contribution in [3.05, 3.63) is 10.4 Å². The SMILES string of the molecule is CNCC(=O)N(C)CC(=O)NCCCN=[N+]=[N-]. The van der Waals surface area contributed by atoms with Crippen LogP contribution in [0.15, 0.2) is 5.11 Å². The molecule has 96 valence electrons. The molecule has 0 fully saturated rings. The van der Waals surface area contributed by atoms with Crippen molar-refractivity contribution in [2.75, 3.05) is 40.3 Å². The fourth-order valence-electron chi connectivity index (χ4n) is 1.07. The molecule has 8 nitrogen and oxygen atoms in total. The molecule has 2 N–H and O–H groups in total. The van der Waals surface area contributed by atoms with E-state index in [4.69, 9.17) is 5.53 Å². The Balaban J connectivity index is 3.70. The van der Waals surface area contributed by atoms with Crippen molar-refractivity contribution in [2.24, 2.45) is 5.11 Å². The van der Waals surface area contributed by atoms with Gasteiger partial charge in [0.05, 0.1) is 13.1 Å². The summed E-state index contributed by atoms with van der Waals surface area (Å²) in [6, 6.07) is 0. The lowest BCUT2D eigenvalue weighted by atomic mass is 10.4. The van der Waals surface area contributed by atoms with Crippen molar-refractivity contribution in [2.45, 2.75) is 6.42 Å². The third-order valence-electron chi connectivity index (χ3n) is 1.95. The van der Waals surface area contributed by atoms with Gasteiger partial charge < -0.3 is 15.5 Å². The highest BCUT2D eigenvalue weighted by Crippen LogP contribution is 1.85. The van der Waals surface area contributed by atoms with Crippen LogP contribution >= 0.6 is 0 Å². The first-order chi connectivity index (χ1) is 8.11. The van der Waals surface area contributed by atoms with Crippen LogP contribution in [-0.2, 0) is 9.59 Å². The van der Waals surface area contributed by atoms with Crippen LogP contribution in [0.4, 0.5) is 0 Å². The summed E-state index contributed by atoms with van der Waals surface area (Å²) < 4.78 is 0. The second-order valence-corrected chi connectivity index (χ2v) is 3.44. The lowest BCUT2D eigenvalue weighted by Crippen LogP contribution is -2.41. The van der Waals surface area contributed by atoms with Gasteiger partial charge in [-0.05, 0) is 19.0 Å². The summed E-state index contributed by atoms with van der Waals surface area (Å²) in [5.74, 6) is -0.366. The summed E-state index contributed by atoms with van der Waals surface area (Å²) in [6.45, 7) is 1.03. The summed E-state index contributed by atoms with van der Waals surface area (Å²) in [7, 11) is 3.24. The molecule has 0 aliphatic heterocycles. The van der Waals surface area contributed by atoms with Gasteiger partial charge in [0.25, 0.3) is 0 Å². The van der Waals surface area contributed by atoms with E-state index < -0.39 is 0 Å². The third-order valence-corrected chi connectivity index (χ3v) is 1.95. The summed E-state index contributed by atoms with van der Waals surface area (Å²) in [5.41, 5.74) is 8.03. The second-order valence-electron chi connectivity index (χ2n) is 3.44. The molecule has 17 heavy (non-hydrogen) atoms. The molecular formula is C9H18N6O2. The standard InChI is InChI=1S/C9H18N6O2/c1-11-6-9(17)15(2)7-8(16)12-4-3-5-13-14-10/h11H,3-7H2,1-2H3,(H,12,16). The van der Waals surface area contributed by atoms with Crippen molar-refractivity contribution in [3.63, 3.8) is 0 Å². The Morgan fingerprint density at radius 1 is 1.47 bits per heavy atom. The van der Waals surface area contributed by atoms with Gasteiger partial charge in [0.2, 0.25) is 11.8 Å². The summed E-state index contributed by atoms with van der Waals surface area (Å²) >= 11 is 0. The number of nitrogens with one attached hydrogen (secondary N) is 2. The Bertz CT molecular complexity index is 300. The number of amides is 2. The quantitative estimate of drug-likeness (QED) is 0.258. The molecule has 0 heterocycles. The van der Waals surface area contributed by atoms with E-state index in [1.807, 2.05) is 0 Å². The number of azide groups is 1. The van der Waals surface area contributed by atoms with Crippen molar-refractivity contribution < 1.29 is 9.59 Å². The largest absolute Gasteiger partial charge is 0.355 e. The zero-order valence-corrected chi connectivity index (χ0v) is 10.1. The Labute approximate surface area is 100.0 Å². The Kier molecular flexibility index (Phi) is 8.44. The number of hydrogen-bond donors (Lipinski definition) is 2. The zero-order valence-electron chi connectivity index (χ0n) is 10.1. The predicted octanol–water partition coefficient (Wildman–Crippen LogP) is -0.519. The predicted molar refractivity (Wildman–Crippen MR) is 63.2 cm³/mol. The van der Waals surface area contributed by atoms with Crippen molar-refractivity contribution >= 4 is 11.8 Å². The van der Waals surface area contributed by atoms with Gasteiger partial charge in [-0.15, -0.1) is 0 Å². The number of rotatable bonds is 8. The molecule has 0 bridgehead atoms. The number of nitrogens with zero attached hydrogens (tertiary/aromatic N) is 4. The number of carbonyl (C=O) groups excluding carboxylic acids is 2. The topological polar surface area (TPSA) is 110 Å². The van der Waals surface area contributed by atoms with Gasteiger partial charge in [-0.1, -0.05) is 5.11 Å². The van der Waals surface area contributed by atoms with Crippen LogP contribution in [0.3, 0.4) is 0 Å². The van der Waals surface area contributed by atoms with Crippen LogP contribution in [0.2, 0.25) is 0 Å². The van der Waals surface area contributed by atoms with Gasteiger partial charge >= 0.3 is 0 Å². The van der Waals surface area contributed by atoms with Crippen LogP contribution in [-0.4, -0.2) is 57.0 Å². The highest BCUT2D eigenvalue weighted by atomic mass is 16.2. The minimum absolute atomic E-state index is 0.0298. The fraction of sp³-hybridized carbons (Fsp3) is 0.778. The van der Waals surface area contributed by atoms with Crippen LogP contribution in [0.1, 0.15) is 6.42 Å². The van der Waals surface area contributed by atoms with Gasteiger partial charge in [0, 0.05) is 25.0 Å². The van der Waals surface area contributed by atoms with E-state index in [0.717, 1.165) is 0 Å². The van der Waals surface area contributed by atoms with Crippen molar-refractivity contribution in [3.8, 4) is 0 Å². The first-order valence-electron chi connectivity index (χ1n) is 5.28. The van der Waals surface area contributed by atoms with Gasteiger partial charge in [0.15, 0.2) is 0 Å². The molecular weight excluding hydrogens is 224 g/mol. The minimum Gasteiger partial charge on any atom is -0.355 e. The summed E-state index contributed by atoms with van der Waals surface area (Å²) in [4.78, 5) is 26.6. The zero-order chi connectivity index (χ0) is 13.1. The van der Waals surface area contributed by atoms with Crippen LogP contribution < -0.4 is 10.6 Å². The maximum absolute atomic E-state index is 11.4. The molecule has 0 spiro atoms. The molecule has 0 aromatic heterocycles. The Morgan fingerprint density at radius 2 is 2.18 bits per heavy atom. The van der Waals surface area contributed by atoms with E-state index in [1.165, 1.54) is 4.90 Å². The van der Waals surface area contributed by atoms with Gasteiger partial charge in [0.1, 0.15) is 0 Å². The molecule has 0 aromatic carbocycles. The molecule has 0 unspecified atom stereocenters. The Hall–Kier alpha value is -1.79. The first kappa shape index (κ1) is 15.2. The Morgan fingerprint density at radius 3 is 2.76 bits per heavy atom. The van der Waals surface area contributed by atoms with Gasteiger partial charge in [-0.3, -0.25) is 9.59 Å². The highest BCUT2D eigenvalue weighted by Gasteiger charge is 2.10. The van der Waals surface area contributed by atoms with E-state index in [0.29, 0.717) is 19.5 Å². The maximum atomic E-state index is 11.4. The van der Waals surface area contributed by atoms with E-state index >= 15 is 0 Å². The highest BCUT2D eigenvalue weighted by molar-refractivity contribution is 5.85. The van der Waals surface area contributed by atoms with E-state index in [-0.39, 0.29) is 24.9 Å². The first-order valence-corrected chi connectivity index (χ1v) is 5.28. The van der Waals surface area contributed by atoms with Gasteiger partial charge in [-0.2, -0.15) is 0 Å². The smallest absolute Gasteiger partial charge is 0.239 e. The van der Waals surface area contributed by atoms with Crippen LogP contribution in [0, 0.1) is 0 Å². The average molecular weight is 242 g/mol.